The van der Waals surface area contributed by atoms with E-state index < -0.39 is 5.54 Å². The molecule has 0 unspecified atom stereocenters. The molecule has 1 aliphatic carbocycles. The van der Waals surface area contributed by atoms with Gasteiger partial charge >= 0.3 is 5.97 Å². The highest BCUT2D eigenvalue weighted by atomic mass is 16.5. The zero-order valence-corrected chi connectivity index (χ0v) is 20.5. The van der Waals surface area contributed by atoms with Gasteiger partial charge in [-0.2, -0.15) is 0 Å². The van der Waals surface area contributed by atoms with Gasteiger partial charge in [-0.25, -0.2) is 0 Å². The molecule has 3 rings (SSSR count). The summed E-state index contributed by atoms with van der Waals surface area (Å²) >= 11 is 0. The number of carbonyl (C=O) groups is 2. The zero-order valence-electron chi connectivity index (χ0n) is 20.5. The maximum absolute atomic E-state index is 13.0. The Morgan fingerprint density at radius 3 is 2.33 bits per heavy atom. The van der Waals surface area contributed by atoms with E-state index in [0.29, 0.717) is 24.6 Å². The Bertz CT molecular complexity index is 837. The van der Waals surface area contributed by atoms with Gasteiger partial charge in [0.25, 0.3) is 5.91 Å². The first-order valence-corrected chi connectivity index (χ1v) is 12.4. The molecule has 7 nitrogen and oxygen atoms in total. The van der Waals surface area contributed by atoms with E-state index in [-0.39, 0.29) is 41.0 Å². The molecule has 33 heavy (non-hydrogen) atoms. The molecule has 0 atom stereocenters. The van der Waals surface area contributed by atoms with E-state index in [1.807, 2.05) is 27.7 Å². The first kappa shape index (κ1) is 25.3. The van der Waals surface area contributed by atoms with Crippen LogP contribution in [0.5, 0.6) is 11.5 Å². The quantitative estimate of drug-likeness (QED) is 0.500. The van der Waals surface area contributed by atoms with Crippen LogP contribution in [0.15, 0.2) is 12.1 Å². The van der Waals surface area contributed by atoms with E-state index in [2.05, 4.69) is 5.32 Å². The molecule has 1 amide bonds. The van der Waals surface area contributed by atoms with E-state index in [1.54, 1.807) is 11.0 Å². The smallest absolute Gasteiger partial charge is 0.326 e. The van der Waals surface area contributed by atoms with Crippen LogP contribution in [0.2, 0.25) is 0 Å². The van der Waals surface area contributed by atoms with Crippen molar-refractivity contribution in [3.63, 3.8) is 0 Å². The molecule has 7 heteroatoms. The van der Waals surface area contributed by atoms with Crippen molar-refractivity contribution in [1.82, 2.24) is 10.2 Å². The van der Waals surface area contributed by atoms with Crippen LogP contribution >= 0.6 is 0 Å². The fourth-order valence-corrected chi connectivity index (χ4v) is 4.79. The summed E-state index contributed by atoms with van der Waals surface area (Å²) in [5.74, 6) is -0.00997. The largest absolute Gasteiger partial charge is 0.508 e. The summed E-state index contributed by atoms with van der Waals surface area (Å²) in [6.45, 7) is 9.62. The summed E-state index contributed by atoms with van der Waals surface area (Å²) in [5.41, 5.74) is 0.203. The second-order valence-corrected chi connectivity index (χ2v) is 10.5. The summed E-state index contributed by atoms with van der Waals surface area (Å²) in [6, 6.07) is 2.88. The summed E-state index contributed by atoms with van der Waals surface area (Å²) in [4.78, 5) is 27.3. The number of likely N-dealkylation sites (tertiary alicyclic amines) is 1. The number of phenolic OH excluding ortho intramolecular Hbond substituents is 2. The van der Waals surface area contributed by atoms with Gasteiger partial charge in [-0.05, 0) is 88.8 Å². The van der Waals surface area contributed by atoms with Gasteiger partial charge in [0.05, 0.1) is 5.56 Å². The Kier molecular flexibility index (Phi) is 8.27. The number of ether oxygens (including phenoxy) is 1. The maximum Gasteiger partial charge on any atom is 0.326 e. The topological polar surface area (TPSA) is 99.1 Å². The Hall–Kier alpha value is -2.28. The van der Waals surface area contributed by atoms with Crippen molar-refractivity contribution in [2.24, 2.45) is 5.92 Å². The number of carbonyl (C=O) groups excluding carboxylic acids is 2. The summed E-state index contributed by atoms with van der Waals surface area (Å²) in [6.07, 6.45) is 7.00. The van der Waals surface area contributed by atoms with Crippen molar-refractivity contribution in [3.8, 4) is 11.5 Å². The molecule has 1 aromatic carbocycles. The lowest BCUT2D eigenvalue weighted by Gasteiger charge is -2.33. The summed E-state index contributed by atoms with van der Waals surface area (Å²) < 4.78 is 5.66. The molecule has 1 aromatic rings. The minimum atomic E-state index is -0.705. The monoisotopic (exact) mass is 460 g/mol. The predicted octanol–water partition coefficient (Wildman–Crippen LogP) is 4.32. The number of hydrogen-bond acceptors (Lipinski definition) is 6. The van der Waals surface area contributed by atoms with Crippen LogP contribution < -0.4 is 5.32 Å². The average Bonchev–Trinajstić information content (AvgIpc) is 3.26. The van der Waals surface area contributed by atoms with Gasteiger partial charge in [0.15, 0.2) is 0 Å². The van der Waals surface area contributed by atoms with Crippen molar-refractivity contribution in [1.29, 1.82) is 0 Å². The van der Waals surface area contributed by atoms with E-state index in [1.165, 1.54) is 6.07 Å². The molecule has 1 saturated heterocycles. The van der Waals surface area contributed by atoms with E-state index >= 15 is 0 Å². The third-order valence-electron chi connectivity index (χ3n) is 7.10. The molecule has 0 aromatic heterocycles. The number of phenols is 2. The van der Waals surface area contributed by atoms with Crippen LogP contribution in [0.1, 0.15) is 94.5 Å². The molecule has 1 aliphatic heterocycles. The van der Waals surface area contributed by atoms with Crippen LogP contribution in [0, 0.1) is 5.92 Å². The Morgan fingerprint density at radius 2 is 1.73 bits per heavy atom. The number of rotatable bonds is 8. The second kappa shape index (κ2) is 10.8. The molecule has 184 valence electrons. The van der Waals surface area contributed by atoms with Crippen molar-refractivity contribution in [2.45, 2.75) is 90.2 Å². The number of esters is 1. The van der Waals surface area contributed by atoms with Crippen LogP contribution in [0.3, 0.4) is 0 Å². The van der Waals surface area contributed by atoms with Crippen LogP contribution in [-0.2, 0) is 9.53 Å². The van der Waals surface area contributed by atoms with Crippen molar-refractivity contribution in [2.75, 3.05) is 19.6 Å². The Morgan fingerprint density at radius 1 is 1.09 bits per heavy atom. The molecule has 3 N–H and O–H groups in total. The number of nitrogens with one attached hydrogen (secondary N) is 1. The zero-order chi connectivity index (χ0) is 24.2. The highest BCUT2D eigenvalue weighted by Crippen LogP contribution is 2.33. The van der Waals surface area contributed by atoms with E-state index in [0.717, 1.165) is 51.5 Å². The summed E-state index contributed by atoms with van der Waals surface area (Å²) in [7, 11) is 0. The predicted molar refractivity (Wildman–Crippen MR) is 128 cm³/mol. The fourth-order valence-electron chi connectivity index (χ4n) is 4.79. The van der Waals surface area contributed by atoms with Gasteiger partial charge in [-0.15, -0.1) is 0 Å². The molecular weight excluding hydrogens is 420 g/mol. The first-order valence-electron chi connectivity index (χ1n) is 12.4. The number of aromatic hydroxyl groups is 2. The van der Waals surface area contributed by atoms with Crippen molar-refractivity contribution >= 4 is 11.9 Å². The van der Waals surface area contributed by atoms with Gasteiger partial charge in [0, 0.05) is 19.2 Å². The second-order valence-electron chi connectivity index (χ2n) is 10.5. The Balaban J connectivity index is 1.46. The average molecular weight is 461 g/mol. The van der Waals surface area contributed by atoms with Crippen LogP contribution in [0.25, 0.3) is 0 Å². The molecule has 2 fully saturated rings. The number of benzene rings is 1. The highest BCUT2D eigenvalue weighted by molar-refractivity contribution is 5.97. The number of hydrogen-bond donors (Lipinski definition) is 3. The maximum atomic E-state index is 13.0. The number of piperidine rings is 1. The van der Waals surface area contributed by atoms with Gasteiger partial charge in [0.2, 0.25) is 0 Å². The molecule has 0 radical (unpaired) electrons. The van der Waals surface area contributed by atoms with Crippen molar-refractivity contribution < 1.29 is 24.5 Å². The van der Waals surface area contributed by atoms with Gasteiger partial charge < -0.3 is 25.2 Å². The standard InChI is InChI=1S/C26H40N2O5/c1-17(2)20-15-21(23(30)16-22(20)29)24(31)28-13-10-18(11-14-28)9-12-27-26(3,4)25(32)33-19-7-5-6-8-19/h15-19,27,29-30H,5-14H2,1-4H3. The van der Waals surface area contributed by atoms with Crippen LogP contribution in [-0.4, -0.2) is 58.3 Å². The van der Waals surface area contributed by atoms with E-state index in [4.69, 9.17) is 4.74 Å². The lowest BCUT2D eigenvalue weighted by Crippen LogP contribution is -2.49. The SMILES string of the molecule is CC(C)c1cc(C(=O)N2CCC(CCNC(C)(C)C(=O)OC3CCCC3)CC2)c(O)cc1O. The van der Waals surface area contributed by atoms with Gasteiger partial charge in [-0.1, -0.05) is 13.8 Å². The molecule has 1 saturated carbocycles. The van der Waals surface area contributed by atoms with Crippen molar-refractivity contribution in [3.05, 3.63) is 23.3 Å². The fraction of sp³-hybridized carbons (Fsp3) is 0.692. The molecule has 0 bridgehead atoms. The molecular formula is C26H40N2O5. The Labute approximate surface area is 197 Å². The normalized spacial score (nSPS) is 18.2. The third-order valence-corrected chi connectivity index (χ3v) is 7.10. The van der Waals surface area contributed by atoms with Crippen LogP contribution in [0.4, 0.5) is 0 Å². The first-order chi connectivity index (χ1) is 15.6. The number of nitrogens with zero attached hydrogens (tertiary/aromatic N) is 1. The minimum absolute atomic E-state index is 0.0142. The summed E-state index contributed by atoms with van der Waals surface area (Å²) in [5, 5.41) is 23.6. The molecule has 2 aliphatic rings. The van der Waals surface area contributed by atoms with E-state index in [9.17, 15) is 19.8 Å². The molecule has 1 heterocycles. The highest BCUT2D eigenvalue weighted by Gasteiger charge is 2.32. The minimum Gasteiger partial charge on any atom is -0.508 e. The lowest BCUT2D eigenvalue weighted by atomic mass is 9.92. The van der Waals surface area contributed by atoms with Gasteiger partial charge in [0.1, 0.15) is 23.1 Å². The lowest BCUT2D eigenvalue weighted by molar-refractivity contribution is -0.155. The molecule has 0 spiro atoms. The third kappa shape index (κ3) is 6.40. The van der Waals surface area contributed by atoms with Gasteiger partial charge in [-0.3, -0.25) is 9.59 Å². The number of amides is 1.